The number of fused-ring (bicyclic) bond motifs is 2. The number of likely N-dealkylation sites (tertiary alicyclic amines) is 1. The Labute approximate surface area is 260 Å². The number of benzene rings is 2. The molecule has 11 heteroatoms. The van der Waals surface area contributed by atoms with E-state index in [1.807, 2.05) is 50.6 Å². The first-order valence-corrected chi connectivity index (χ1v) is 15.3. The predicted molar refractivity (Wildman–Crippen MR) is 176 cm³/mol. The number of halogens is 1. The van der Waals surface area contributed by atoms with Gasteiger partial charge in [0.1, 0.15) is 29.4 Å². The molecule has 0 amide bonds. The molecule has 0 spiro atoms. The average Bonchev–Trinajstić information content (AvgIpc) is 3.80. The topological polar surface area (TPSA) is 111 Å². The number of aromatic amines is 2. The molecule has 1 fully saturated rings. The third-order valence-corrected chi connectivity index (χ3v) is 8.19. The van der Waals surface area contributed by atoms with E-state index in [1.165, 1.54) is 25.0 Å². The molecule has 4 aromatic heterocycles. The summed E-state index contributed by atoms with van der Waals surface area (Å²) in [5.41, 5.74) is 6.97. The maximum Gasteiger partial charge on any atom is 0.160 e. The Kier molecular flexibility index (Phi) is 8.10. The summed E-state index contributed by atoms with van der Waals surface area (Å²) in [4.78, 5) is 21.7. The molecule has 0 saturated carbocycles. The molecule has 0 bridgehead atoms. The zero-order chi connectivity index (χ0) is 30.8. The number of rotatable bonds is 11. The van der Waals surface area contributed by atoms with Gasteiger partial charge in [-0.25, -0.2) is 14.4 Å². The molecule has 1 saturated heterocycles. The molecule has 7 rings (SSSR count). The van der Waals surface area contributed by atoms with Gasteiger partial charge in [0.05, 0.1) is 11.7 Å². The van der Waals surface area contributed by atoms with Crippen LogP contribution in [0.3, 0.4) is 0 Å². The van der Waals surface area contributed by atoms with Gasteiger partial charge in [-0.1, -0.05) is 6.07 Å². The van der Waals surface area contributed by atoms with Crippen LogP contribution in [0.15, 0.2) is 67.1 Å². The van der Waals surface area contributed by atoms with Gasteiger partial charge in [0.2, 0.25) is 0 Å². The second-order valence-corrected chi connectivity index (χ2v) is 11.7. The molecule has 6 aromatic rings. The number of H-pyrrole nitrogens is 2. The van der Waals surface area contributed by atoms with Crippen molar-refractivity contribution in [3.63, 3.8) is 0 Å². The quantitative estimate of drug-likeness (QED) is 0.170. The molecule has 45 heavy (non-hydrogen) atoms. The van der Waals surface area contributed by atoms with Crippen LogP contribution in [0.4, 0.5) is 10.1 Å². The molecule has 1 aliphatic rings. The SMILES string of the molecule is CN(C)CCNc1cc(F)cc(-c2ccnc3[nH]c(-c4n[nH]c5ccc(-c6cncc(OCCN7CCCC7)c6)cc45)nc23)c1. The first kappa shape index (κ1) is 28.9. The smallest absolute Gasteiger partial charge is 0.160 e. The number of aromatic nitrogens is 6. The number of hydrogen-bond donors (Lipinski definition) is 3. The second kappa shape index (κ2) is 12.6. The third kappa shape index (κ3) is 6.36. The fourth-order valence-corrected chi connectivity index (χ4v) is 5.86. The Balaban J connectivity index is 1.17. The van der Waals surface area contributed by atoms with Crippen LogP contribution in [0, 0.1) is 5.82 Å². The minimum absolute atomic E-state index is 0.318. The third-order valence-electron chi connectivity index (χ3n) is 8.19. The molecule has 0 radical (unpaired) electrons. The fraction of sp³-hybridized carbons (Fsp3) is 0.294. The van der Waals surface area contributed by atoms with E-state index in [-0.39, 0.29) is 5.82 Å². The summed E-state index contributed by atoms with van der Waals surface area (Å²) < 4.78 is 20.8. The minimum atomic E-state index is -0.318. The first-order valence-electron chi connectivity index (χ1n) is 15.3. The van der Waals surface area contributed by atoms with Crippen LogP contribution in [0.2, 0.25) is 0 Å². The first-order chi connectivity index (χ1) is 22.0. The highest BCUT2D eigenvalue weighted by Gasteiger charge is 2.18. The van der Waals surface area contributed by atoms with E-state index in [1.54, 1.807) is 12.4 Å². The molecular weight excluding hydrogens is 569 g/mol. The molecule has 2 aromatic carbocycles. The zero-order valence-electron chi connectivity index (χ0n) is 25.5. The van der Waals surface area contributed by atoms with E-state index >= 15 is 0 Å². The minimum Gasteiger partial charge on any atom is -0.491 e. The van der Waals surface area contributed by atoms with Crippen LogP contribution < -0.4 is 10.1 Å². The van der Waals surface area contributed by atoms with Gasteiger partial charge < -0.3 is 19.9 Å². The van der Waals surface area contributed by atoms with Crippen LogP contribution in [0.1, 0.15) is 12.8 Å². The number of anilines is 1. The summed E-state index contributed by atoms with van der Waals surface area (Å²) in [6, 6.07) is 15.0. The Morgan fingerprint density at radius 2 is 1.89 bits per heavy atom. The van der Waals surface area contributed by atoms with Crippen molar-refractivity contribution in [2.75, 3.05) is 58.7 Å². The molecule has 10 nitrogen and oxygen atoms in total. The van der Waals surface area contributed by atoms with Gasteiger partial charge >= 0.3 is 0 Å². The van der Waals surface area contributed by atoms with Crippen LogP contribution in [0.5, 0.6) is 5.75 Å². The number of hydrogen-bond acceptors (Lipinski definition) is 8. The highest BCUT2D eigenvalue weighted by atomic mass is 19.1. The van der Waals surface area contributed by atoms with Gasteiger partial charge in [-0.05, 0) is 93.6 Å². The largest absolute Gasteiger partial charge is 0.491 e. The highest BCUT2D eigenvalue weighted by molar-refractivity contribution is 5.97. The molecule has 5 heterocycles. The van der Waals surface area contributed by atoms with E-state index in [0.29, 0.717) is 41.5 Å². The summed E-state index contributed by atoms with van der Waals surface area (Å²) in [6.07, 6.45) is 7.84. The maximum atomic E-state index is 14.7. The van der Waals surface area contributed by atoms with Crippen LogP contribution >= 0.6 is 0 Å². The Bertz CT molecular complexity index is 1940. The summed E-state index contributed by atoms with van der Waals surface area (Å²) >= 11 is 0. The van der Waals surface area contributed by atoms with E-state index in [9.17, 15) is 4.39 Å². The molecule has 0 atom stereocenters. The number of nitrogens with one attached hydrogen (secondary N) is 3. The Morgan fingerprint density at radius 3 is 2.76 bits per heavy atom. The molecule has 0 unspecified atom stereocenters. The number of pyridine rings is 2. The predicted octanol–water partition coefficient (Wildman–Crippen LogP) is 5.82. The van der Waals surface area contributed by atoms with E-state index in [0.717, 1.165) is 65.1 Å². The van der Waals surface area contributed by atoms with Crippen molar-refractivity contribution in [3.05, 3.63) is 72.9 Å². The van der Waals surface area contributed by atoms with Crippen molar-refractivity contribution in [1.82, 2.24) is 39.9 Å². The van der Waals surface area contributed by atoms with E-state index in [2.05, 4.69) is 46.3 Å². The highest BCUT2D eigenvalue weighted by Crippen LogP contribution is 2.34. The second-order valence-electron chi connectivity index (χ2n) is 11.7. The van der Waals surface area contributed by atoms with Crippen molar-refractivity contribution in [2.24, 2.45) is 0 Å². The summed E-state index contributed by atoms with van der Waals surface area (Å²) in [5.74, 6) is 1.01. The molecule has 3 N–H and O–H groups in total. The number of nitrogens with zero attached hydrogens (tertiary/aromatic N) is 6. The van der Waals surface area contributed by atoms with Crippen molar-refractivity contribution in [1.29, 1.82) is 0 Å². The van der Waals surface area contributed by atoms with Gasteiger partial charge in [0.25, 0.3) is 0 Å². The van der Waals surface area contributed by atoms with Crippen molar-refractivity contribution >= 4 is 27.8 Å². The summed E-state index contributed by atoms with van der Waals surface area (Å²) in [5, 5.41) is 12.0. The van der Waals surface area contributed by atoms with Gasteiger partial charge in [0, 0.05) is 54.2 Å². The van der Waals surface area contributed by atoms with Gasteiger partial charge in [-0.2, -0.15) is 5.10 Å². The lowest BCUT2D eigenvalue weighted by Gasteiger charge is -2.15. The lowest BCUT2D eigenvalue weighted by Crippen LogP contribution is -2.25. The monoisotopic (exact) mass is 605 g/mol. The number of likely N-dealkylation sites (N-methyl/N-ethyl adjacent to an activating group) is 1. The van der Waals surface area contributed by atoms with Crippen molar-refractivity contribution < 1.29 is 9.13 Å². The van der Waals surface area contributed by atoms with Gasteiger partial charge in [-0.15, -0.1) is 0 Å². The number of ether oxygens (including phenoxy) is 1. The lowest BCUT2D eigenvalue weighted by atomic mass is 10.0. The Morgan fingerprint density at radius 1 is 1.00 bits per heavy atom. The fourth-order valence-electron chi connectivity index (χ4n) is 5.86. The lowest BCUT2D eigenvalue weighted by molar-refractivity contribution is 0.237. The number of imidazole rings is 1. The van der Waals surface area contributed by atoms with Crippen LogP contribution in [0.25, 0.3) is 55.8 Å². The zero-order valence-corrected chi connectivity index (χ0v) is 25.5. The standard InChI is InChI=1S/C34H36FN9O/c1-43(2)12-9-37-26-16-23(15-25(35)19-26)28-7-8-38-33-31(28)39-34(40-33)32-29-18-22(5-6-30(29)41-42-32)24-17-27(21-36-20-24)45-14-13-44-10-3-4-11-44/h5-8,15-21,37H,3-4,9-14H2,1-2H3,(H,41,42)(H,38,39,40). The molecule has 0 aliphatic carbocycles. The van der Waals surface area contributed by atoms with Crippen LogP contribution in [-0.2, 0) is 0 Å². The Hall–Kier alpha value is -4.87. The van der Waals surface area contributed by atoms with Gasteiger partial charge in [-0.3, -0.25) is 15.0 Å². The molecule has 1 aliphatic heterocycles. The van der Waals surface area contributed by atoms with Gasteiger partial charge in [0.15, 0.2) is 11.5 Å². The van der Waals surface area contributed by atoms with Crippen molar-refractivity contribution in [2.45, 2.75) is 12.8 Å². The average molecular weight is 606 g/mol. The maximum absolute atomic E-state index is 14.7. The van der Waals surface area contributed by atoms with Crippen molar-refractivity contribution in [3.8, 4) is 39.5 Å². The van der Waals surface area contributed by atoms with Crippen LogP contribution in [-0.4, -0.2) is 93.4 Å². The summed E-state index contributed by atoms with van der Waals surface area (Å²) in [6.45, 7) is 5.41. The summed E-state index contributed by atoms with van der Waals surface area (Å²) in [7, 11) is 4.01. The molecule has 230 valence electrons. The molecular formula is C34H36FN9O. The van der Waals surface area contributed by atoms with E-state index in [4.69, 9.17) is 9.72 Å². The normalized spacial score (nSPS) is 13.8. The van der Waals surface area contributed by atoms with E-state index < -0.39 is 0 Å².